The van der Waals surface area contributed by atoms with E-state index in [9.17, 15) is 26.3 Å². The maximum atomic E-state index is 12.5. The van der Waals surface area contributed by atoms with Gasteiger partial charge in [-0.05, 0) is 30.2 Å². The Kier molecular flexibility index (Phi) is 5.84. The molecule has 0 unspecified atom stereocenters. The second-order valence-corrected chi connectivity index (χ2v) is 4.17. The molecule has 20 heavy (non-hydrogen) atoms. The fourth-order valence-corrected chi connectivity index (χ4v) is 1.55. The van der Waals surface area contributed by atoms with Crippen molar-refractivity contribution in [2.24, 2.45) is 0 Å². The van der Waals surface area contributed by atoms with Gasteiger partial charge in [-0.1, -0.05) is 15.9 Å². The van der Waals surface area contributed by atoms with Crippen LogP contribution in [0.5, 0.6) is 0 Å². The van der Waals surface area contributed by atoms with Crippen LogP contribution in [-0.4, -0.2) is 12.1 Å². The van der Waals surface area contributed by atoms with E-state index in [-0.39, 0.29) is 30.2 Å². The van der Waals surface area contributed by atoms with Gasteiger partial charge in [-0.3, -0.25) is 0 Å². The zero-order valence-electron chi connectivity index (χ0n) is 9.82. The molecule has 0 aromatic heterocycles. The molecule has 0 atom stereocenters. The predicted octanol–water partition coefficient (Wildman–Crippen LogP) is 4.57. The smallest absolute Gasteiger partial charge is 0.236 e. The van der Waals surface area contributed by atoms with E-state index >= 15 is 0 Å². The lowest BCUT2D eigenvalue weighted by atomic mass is 10.0. The van der Waals surface area contributed by atoms with Crippen molar-refractivity contribution in [3.05, 3.63) is 34.9 Å². The average Bonchev–Trinajstić information content (AvgIpc) is 2.32. The maximum absolute atomic E-state index is 12.5. The number of hydrogen-bond acceptors (Lipinski definition) is 2. The van der Waals surface area contributed by atoms with Gasteiger partial charge in [-0.25, -0.2) is 9.78 Å². The molecule has 0 saturated heterocycles. The van der Waals surface area contributed by atoms with Crippen LogP contribution in [0.15, 0.2) is 18.2 Å². The van der Waals surface area contributed by atoms with E-state index < -0.39 is 23.5 Å². The first-order valence-corrected chi connectivity index (χ1v) is 6.35. The van der Waals surface area contributed by atoms with Crippen LogP contribution in [0, 0.1) is 0 Å². The summed E-state index contributed by atoms with van der Waals surface area (Å²) in [5.41, 5.74) is -2.78. The molecule has 1 aromatic rings. The summed E-state index contributed by atoms with van der Waals surface area (Å²) in [7, 11) is 0. The highest BCUT2D eigenvalue weighted by Gasteiger charge is 2.36. The zero-order chi connectivity index (χ0) is 15.4. The average molecular weight is 367 g/mol. The third-order valence-electron chi connectivity index (χ3n) is 2.25. The topological polar surface area (TPSA) is 18.5 Å². The molecule has 0 aliphatic heterocycles. The molecule has 0 aliphatic rings. The van der Waals surface area contributed by atoms with Gasteiger partial charge < -0.3 is 0 Å². The molecule has 0 bridgehead atoms. The minimum atomic E-state index is -4.84. The van der Waals surface area contributed by atoms with E-state index in [1.165, 1.54) is 0 Å². The Hall–Kier alpha value is -0.800. The first-order valence-electron chi connectivity index (χ1n) is 5.23. The fourth-order valence-electron chi connectivity index (χ4n) is 1.41. The molecule has 0 fully saturated rings. The van der Waals surface area contributed by atoms with Gasteiger partial charge >= 0.3 is 12.4 Å². The van der Waals surface area contributed by atoms with Crippen molar-refractivity contribution in [1.29, 1.82) is 0 Å². The molecule has 1 aromatic carbocycles. The molecule has 0 saturated carbocycles. The SMILES string of the molecule is FC(F)(F)c1cc(CCOOCBr)cc(C(F)(F)F)c1. The van der Waals surface area contributed by atoms with Crippen LogP contribution in [-0.2, 0) is 28.5 Å². The van der Waals surface area contributed by atoms with Crippen LogP contribution >= 0.6 is 15.9 Å². The van der Waals surface area contributed by atoms with Gasteiger partial charge in [-0.2, -0.15) is 26.3 Å². The molecule has 0 spiro atoms. The van der Waals surface area contributed by atoms with E-state index in [0.717, 1.165) is 0 Å². The molecule has 9 heteroatoms. The van der Waals surface area contributed by atoms with Gasteiger partial charge in [0.25, 0.3) is 0 Å². The number of benzene rings is 1. The Balaban J connectivity index is 2.99. The lowest BCUT2D eigenvalue weighted by Crippen LogP contribution is -2.12. The molecule has 114 valence electrons. The molecule has 0 radical (unpaired) electrons. The molecule has 0 aliphatic carbocycles. The summed E-state index contributed by atoms with van der Waals surface area (Å²) in [5.74, 6) is 0. The molecular weight excluding hydrogens is 358 g/mol. The lowest BCUT2D eigenvalue weighted by Gasteiger charge is -2.14. The highest BCUT2D eigenvalue weighted by molar-refractivity contribution is 9.09. The predicted molar refractivity (Wildman–Crippen MR) is 61.0 cm³/mol. The minimum absolute atomic E-state index is 0.0450. The molecule has 0 N–H and O–H groups in total. The fraction of sp³-hybridized carbons (Fsp3) is 0.455. The van der Waals surface area contributed by atoms with E-state index in [4.69, 9.17) is 0 Å². The number of hydrogen-bond donors (Lipinski definition) is 0. The Labute approximate surface area is 118 Å². The van der Waals surface area contributed by atoms with Crippen LogP contribution in [0.4, 0.5) is 26.3 Å². The van der Waals surface area contributed by atoms with Gasteiger partial charge in [0.15, 0.2) is 0 Å². The quantitative estimate of drug-likeness (QED) is 0.250. The Morgan fingerprint density at radius 1 is 0.850 bits per heavy atom. The third kappa shape index (κ3) is 5.29. The van der Waals surface area contributed by atoms with Crippen molar-refractivity contribution in [1.82, 2.24) is 0 Å². The lowest BCUT2D eigenvalue weighted by molar-refractivity contribution is -0.276. The van der Waals surface area contributed by atoms with Crippen LogP contribution in [0.25, 0.3) is 0 Å². The summed E-state index contributed by atoms with van der Waals surface area (Å²) >= 11 is 2.87. The standard InChI is InChI=1S/C11H9BrF6O2/c12-6-20-19-2-1-7-3-8(10(13,14)15)5-9(4-7)11(16,17)18/h3-5H,1-2,6H2. The highest BCUT2D eigenvalue weighted by Crippen LogP contribution is 2.36. The molecular formula is C11H9BrF6O2. The Bertz CT molecular complexity index is 411. The summed E-state index contributed by atoms with van der Waals surface area (Å²) in [6.07, 6.45) is -9.83. The van der Waals surface area contributed by atoms with Crippen LogP contribution in [0.1, 0.15) is 16.7 Å². The normalized spacial score (nSPS) is 12.8. The second kappa shape index (κ2) is 6.77. The molecule has 0 heterocycles. The van der Waals surface area contributed by atoms with Crippen LogP contribution < -0.4 is 0 Å². The van der Waals surface area contributed by atoms with Gasteiger partial charge in [0.1, 0.15) is 5.52 Å². The van der Waals surface area contributed by atoms with Gasteiger partial charge in [0, 0.05) is 0 Å². The van der Waals surface area contributed by atoms with Crippen LogP contribution in [0.2, 0.25) is 0 Å². The zero-order valence-corrected chi connectivity index (χ0v) is 11.4. The van der Waals surface area contributed by atoms with Gasteiger partial charge in [0.05, 0.1) is 17.7 Å². The minimum Gasteiger partial charge on any atom is -0.236 e. The summed E-state index contributed by atoms with van der Waals surface area (Å²) in [6, 6.07) is 1.40. The summed E-state index contributed by atoms with van der Waals surface area (Å²) in [4.78, 5) is 8.95. The number of rotatable bonds is 5. The van der Waals surface area contributed by atoms with E-state index in [2.05, 4.69) is 25.7 Å². The Morgan fingerprint density at radius 3 is 1.75 bits per heavy atom. The van der Waals surface area contributed by atoms with E-state index in [1.807, 2.05) is 0 Å². The van der Waals surface area contributed by atoms with Crippen molar-refractivity contribution < 1.29 is 36.1 Å². The summed E-state index contributed by atoms with van der Waals surface area (Å²) in [6.45, 7) is -0.162. The van der Waals surface area contributed by atoms with E-state index in [0.29, 0.717) is 12.1 Å². The van der Waals surface area contributed by atoms with Crippen molar-refractivity contribution in [3.8, 4) is 0 Å². The number of alkyl halides is 7. The van der Waals surface area contributed by atoms with Crippen molar-refractivity contribution in [2.45, 2.75) is 18.8 Å². The highest BCUT2D eigenvalue weighted by atomic mass is 79.9. The monoisotopic (exact) mass is 366 g/mol. The summed E-state index contributed by atoms with van der Waals surface area (Å²) < 4.78 is 75.3. The van der Waals surface area contributed by atoms with Gasteiger partial charge in [-0.15, -0.1) is 0 Å². The maximum Gasteiger partial charge on any atom is 0.416 e. The number of halogens is 7. The Morgan fingerprint density at radius 2 is 1.35 bits per heavy atom. The molecule has 0 amide bonds. The third-order valence-corrected chi connectivity index (χ3v) is 2.44. The first kappa shape index (κ1) is 17.3. The molecule has 1 rings (SSSR count). The largest absolute Gasteiger partial charge is 0.416 e. The van der Waals surface area contributed by atoms with Gasteiger partial charge in [0.2, 0.25) is 0 Å². The van der Waals surface area contributed by atoms with E-state index in [1.54, 1.807) is 0 Å². The van der Waals surface area contributed by atoms with Crippen molar-refractivity contribution >= 4 is 15.9 Å². The first-order chi connectivity index (χ1) is 9.14. The van der Waals surface area contributed by atoms with Crippen molar-refractivity contribution in [3.63, 3.8) is 0 Å². The molecule has 2 nitrogen and oxygen atoms in total. The van der Waals surface area contributed by atoms with Crippen LogP contribution in [0.3, 0.4) is 0 Å². The summed E-state index contributed by atoms with van der Waals surface area (Å²) in [5, 5.41) is 0. The second-order valence-electron chi connectivity index (χ2n) is 3.71. The van der Waals surface area contributed by atoms with Crippen molar-refractivity contribution in [2.75, 3.05) is 12.1 Å².